The molecule has 130 valence electrons. The lowest BCUT2D eigenvalue weighted by molar-refractivity contribution is -0.127. The Kier molecular flexibility index (Phi) is 5.65. The van der Waals surface area contributed by atoms with E-state index in [-0.39, 0.29) is 11.7 Å². The van der Waals surface area contributed by atoms with E-state index in [1.54, 1.807) is 18.3 Å². The van der Waals surface area contributed by atoms with Crippen molar-refractivity contribution in [2.24, 2.45) is 0 Å². The third-order valence-corrected chi connectivity index (χ3v) is 5.26. The van der Waals surface area contributed by atoms with Crippen LogP contribution in [0.1, 0.15) is 11.9 Å². The summed E-state index contributed by atoms with van der Waals surface area (Å²) in [4.78, 5) is 16.7. The average Bonchev–Trinajstić information content (AvgIpc) is 3.00. The topological polar surface area (TPSA) is 51.2 Å². The molecule has 1 atom stereocenters. The number of nitrogens with one attached hydrogen (secondary N) is 1. The lowest BCUT2D eigenvalue weighted by Crippen LogP contribution is -2.37. The first kappa shape index (κ1) is 17.8. The summed E-state index contributed by atoms with van der Waals surface area (Å²) >= 11 is 4.85. The number of amides is 1. The Balaban J connectivity index is 1.51. The van der Waals surface area contributed by atoms with Gasteiger partial charge in [0.15, 0.2) is 6.10 Å². The Morgan fingerprint density at radius 1 is 1.36 bits per heavy atom. The van der Waals surface area contributed by atoms with Gasteiger partial charge in [0.25, 0.3) is 5.91 Å². The largest absolute Gasteiger partial charge is 0.480 e. The van der Waals surface area contributed by atoms with E-state index in [1.165, 1.54) is 18.2 Å². The fourth-order valence-electron chi connectivity index (χ4n) is 2.28. The van der Waals surface area contributed by atoms with Crippen LogP contribution in [0.2, 0.25) is 0 Å². The summed E-state index contributed by atoms with van der Waals surface area (Å²) in [7, 11) is 0. The highest BCUT2D eigenvalue weighted by Gasteiger charge is 2.16. The van der Waals surface area contributed by atoms with Gasteiger partial charge in [-0.3, -0.25) is 4.79 Å². The molecule has 3 rings (SSSR count). The van der Waals surface area contributed by atoms with Gasteiger partial charge in [-0.25, -0.2) is 9.37 Å². The number of halogens is 2. The summed E-state index contributed by atoms with van der Waals surface area (Å²) in [6, 6.07) is 12.0. The molecule has 0 radical (unpaired) electrons. The van der Waals surface area contributed by atoms with E-state index in [0.717, 1.165) is 15.2 Å². The van der Waals surface area contributed by atoms with Gasteiger partial charge in [-0.2, -0.15) is 0 Å². The Bertz CT molecular complexity index is 867. The lowest BCUT2D eigenvalue weighted by Gasteiger charge is -2.15. The fraction of sp³-hybridized carbons (Fsp3) is 0.222. The number of carbonyl (C=O) groups is 1. The number of rotatable bonds is 6. The van der Waals surface area contributed by atoms with Gasteiger partial charge < -0.3 is 10.1 Å². The number of benzene rings is 2. The van der Waals surface area contributed by atoms with Crippen LogP contribution in [0, 0.1) is 5.82 Å². The molecule has 1 unspecified atom stereocenters. The molecule has 2 aromatic carbocycles. The number of carbonyl (C=O) groups excluding carboxylic acids is 1. The number of nitrogens with zero attached hydrogens (tertiary/aromatic N) is 1. The molecule has 0 bridgehead atoms. The summed E-state index contributed by atoms with van der Waals surface area (Å²) in [6.07, 6.45) is -0.0185. The van der Waals surface area contributed by atoms with E-state index in [1.807, 2.05) is 24.3 Å². The van der Waals surface area contributed by atoms with E-state index < -0.39 is 6.10 Å². The Labute approximate surface area is 157 Å². The molecule has 1 N–H and O–H groups in total. The number of hydrogen-bond donors (Lipinski definition) is 1. The molecule has 0 aliphatic carbocycles. The van der Waals surface area contributed by atoms with Gasteiger partial charge in [0.1, 0.15) is 11.6 Å². The Hall–Kier alpha value is -1.99. The molecule has 7 heteroatoms. The highest BCUT2D eigenvalue weighted by molar-refractivity contribution is 9.10. The zero-order valence-electron chi connectivity index (χ0n) is 13.5. The predicted molar refractivity (Wildman–Crippen MR) is 101 cm³/mol. The van der Waals surface area contributed by atoms with Crippen LogP contribution >= 0.6 is 27.3 Å². The molecule has 1 aromatic heterocycles. The van der Waals surface area contributed by atoms with E-state index in [2.05, 4.69) is 26.2 Å². The molecule has 1 amide bonds. The zero-order chi connectivity index (χ0) is 17.8. The van der Waals surface area contributed by atoms with Crippen LogP contribution in [0.25, 0.3) is 10.2 Å². The predicted octanol–water partition coefficient (Wildman–Crippen LogP) is 4.32. The summed E-state index contributed by atoms with van der Waals surface area (Å²) < 4.78 is 20.3. The average molecular weight is 423 g/mol. The SMILES string of the molecule is CC(Oc1ccc(F)cc1Br)C(=O)NCCc1nc2ccccc2s1. The fourth-order valence-corrected chi connectivity index (χ4v) is 3.69. The van der Waals surface area contributed by atoms with Crippen LogP contribution in [-0.2, 0) is 11.2 Å². The van der Waals surface area contributed by atoms with Gasteiger partial charge >= 0.3 is 0 Å². The minimum absolute atomic E-state index is 0.225. The molecule has 0 saturated heterocycles. The highest BCUT2D eigenvalue weighted by atomic mass is 79.9. The van der Waals surface area contributed by atoms with E-state index in [4.69, 9.17) is 4.74 Å². The number of thiazole rings is 1. The van der Waals surface area contributed by atoms with Crippen molar-refractivity contribution in [3.8, 4) is 5.75 Å². The zero-order valence-corrected chi connectivity index (χ0v) is 15.9. The van der Waals surface area contributed by atoms with Gasteiger partial charge in [0.2, 0.25) is 0 Å². The van der Waals surface area contributed by atoms with Crippen molar-refractivity contribution in [3.05, 3.63) is 57.8 Å². The van der Waals surface area contributed by atoms with Crippen LogP contribution in [0.3, 0.4) is 0 Å². The standard InChI is InChI=1S/C18H16BrFN2O2S/c1-11(24-15-7-6-12(20)10-13(15)19)18(23)21-9-8-17-22-14-4-2-3-5-16(14)25-17/h2-7,10-11H,8-9H2,1H3,(H,21,23). The number of hydrogen-bond acceptors (Lipinski definition) is 4. The molecular weight excluding hydrogens is 407 g/mol. The molecule has 1 heterocycles. The van der Waals surface area contributed by atoms with E-state index in [9.17, 15) is 9.18 Å². The van der Waals surface area contributed by atoms with Crippen molar-refractivity contribution in [2.75, 3.05) is 6.54 Å². The summed E-state index contributed by atoms with van der Waals surface area (Å²) in [5.74, 6) is -0.167. The van der Waals surface area contributed by atoms with Gasteiger partial charge in [-0.15, -0.1) is 11.3 Å². The molecule has 25 heavy (non-hydrogen) atoms. The van der Waals surface area contributed by atoms with Crippen molar-refractivity contribution >= 4 is 43.4 Å². The van der Waals surface area contributed by atoms with Gasteiger partial charge in [-0.1, -0.05) is 12.1 Å². The minimum atomic E-state index is -0.683. The maximum Gasteiger partial charge on any atom is 0.260 e. The summed E-state index contributed by atoms with van der Waals surface area (Å²) in [5.41, 5.74) is 0.978. The second-order valence-corrected chi connectivity index (χ2v) is 7.42. The summed E-state index contributed by atoms with van der Waals surface area (Å²) in [5, 5.41) is 3.82. The highest BCUT2D eigenvalue weighted by Crippen LogP contribution is 2.26. The smallest absolute Gasteiger partial charge is 0.260 e. The molecular formula is C18H16BrFN2O2S. The lowest BCUT2D eigenvalue weighted by atomic mass is 10.3. The maximum absolute atomic E-state index is 13.1. The quantitative estimate of drug-likeness (QED) is 0.643. The summed E-state index contributed by atoms with van der Waals surface area (Å²) in [6.45, 7) is 2.14. The molecule has 4 nitrogen and oxygen atoms in total. The first-order valence-corrected chi connectivity index (χ1v) is 9.38. The van der Waals surface area contributed by atoms with Gasteiger partial charge in [0.05, 0.1) is 19.7 Å². The van der Waals surface area contributed by atoms with Crippen LogP contribution < -0.4 is 10.1 Å². The number of para-hydroxylation sites is 1. The molecule has 0 aliphatic rings. The van der Waals surface area contributed by atoms with Crippen molar-refractivity contribution < 1.29 is 13.9 Å². The van der Waals surface area contributed by atoms with Crippen LogP contribution in [0.15, 0.2) is 46.9 Å². The molecule has 0 aliphatic heterocycles. The number of aromatic nitrogens is 1. The Morgan fingerprint density at radius 2 is 2.16 bits per heavy atom. The van der Waals surface area contributed by atoms with Crippen LogP contribution in [0.5, 0.6) is 5.75 Å². The van der Waals surface area contributed by atoms with Crippen molar-refractivity contribution in [2.45, 2.75) is 19.4 Å². The van der Waals surface area contributed by atoms with Crippen molar-refractivity contribution in [3.63, 3.8) is 0 Å². The third-order valence-electron chi connectivity index (χ3n) is 3.54. The molecule has 0 spiro atoms. The van der Waals surface area contributed by atoms with Crippen molar-refractivity contribution in [1.29, 1.82) is 0 Å². The number of fused-ring (bicyclic) bond motifs is 1. The van der Waals surface area contributed by atoms with Crippen molar-refractivity contribution in [1.82, 2.24) is 10.3 Å². The molecule has 0 saturated carbocycles. The minimum Gasteiger partial charge on any atom is -0.480 e. The third kappa shape index (κ3) is 4.55. The number of ether oxygens (including phenoxy) is 1. The van der Waals surface area contributed by atoms with Crippen LogP contribution in [0.4, 0.5) is 4.39 Å². The maximum atomic E-state index is 13.1. The van der Waals surface area contributed by atoms with Gasteiger partial charge in [-0.05, 0) is 53.2 Å². The van der Waals surface area contributed by atoms with Gasteiger partial charge in [0, 0.05) is 13.0 Å². The van der Waals surface area contributed by atoms with Crippen LogP contribution in [-0.4, -0.2) is 23.5 Å². The monoisotopic (exact) mass is 422 g/mol. The first-order chi connectivity index (χ1) is 12.0. The van der Waals surface area contributed by atoms with E-state index >= 15 is 0 Å². The normalized spacial score (nSPS) is 12.1. The second-order valence-electron chi connectivity index (χ2n) is 5.45. The molecule has 0 fully saturated rings. The Morgan fingerprint density at radius 3 is 2.92 bits per heavy atom. The first-order valence-electron chi connectivity index (χ1n) is 7.77. The molecule has 3 aromatic rings. The van der Waals surface area contributed by atoms with E-state index in [0.29, 0.717) is 23.2 Å². The second kappa shape index (κ2) is 7.93.